The largest absolute Gasteiger partial charge is 0.322 e. The maximum atomic E-state index is 13.0. The van der Waals surface area contributed by atoms with Crippen LogP contribution < -0.4 is 5.32 Å². The number of hydrogen-bond acceptors (Lipinski definition) is 3. The van der Waals surface area contributed by atoms with E-state index in [4.69, 9.17) is 5.10 Å². The van der Waals surface area contributed by atoms with Crippen molar-refractivity contribution in [3.8, 4) is 16.9 Å². The zero-order chi connectivity index (χ0) is 19.5. The minimum atomic E-state index is -0.207. The number of carbonyl (C=O) groups excluding carboxylic acids is 1. The van der Waals surface area contributed by atoms with Gasteiger partial charge in [0.05, 0.1) is 11.3 Å². The van der Waals surface area contributed by atoms with Gasteiger partial charge in [0.1, 0.15) is 5.69 Å². The fourth-order valence-corrected chi connectivity index (χ4v) is 2.99. The highest BCUT2D eigenvalue weighted by Crippen LogP contribution is 2.26. The second kappa shape index (κ2) is 7.48. The van der Waals surface area contributed by atoms with Crippen LogP contribution in [-0.2, 0) is 0 Å². The number of aryl methyl sites for hydroxylation is 2. The number of para-hydroxylation sites is 1. The van der Waals surface area contributed by atoms with E-state index in [1.165, 1.54) is 5.56 Å². The van der Waals surface area contributed by atoms with E-state index in [1.807, 2.05) is 36.4 Å². The molecule has 1 amide bonds. The molecule has 2 aromatic carbocycles. The van der Waals surface area contributed by atoms with Gasteiger partial charge >= 0.3 is 0 Å². The Morgan fingerprint density at radius 1 is 0.929 bits per heavy atom. The van der Waals surface area contributed by atoms with E-state index in [-0.39, 0.29) is 5.91 Å². The SMILES string of the molecule is Cc1ccc(-c2nn(-c3ccccc3)cc2C(=O)Nc2ccncc2)cc1C. The molecule has 0 aliphatic heterocycles. The molecule has 28 heavy (non-hydrogen) atoms. The van der Waals surface area contributed by atoms with E-state index in [0.29, 0.717) is 16.9 Å². The highest BCUT2D eigenvalue weighted by atomic mass is 16.1. The van der Waals surface area contributed by atoms with Crippen LogP contribution in [0.1, 0.15) is 21.5 Å². The summed E-state index contributed by atoms with van der Waals surface area (Å²) in [6.07, 6.45) is 5.07. The number of benzene rings is 2. The number of aromatic nitrogens is 3. The van der Waals surface area contributed by atoms with Crippen molar-refractivity contribution >= 4 is 11.6 Å². The van der Waals surface area contributed by atoms with Crippen LogP contribution in [0.15, 0.2) is 79.3 Å². The molecule has 0 atom stereocenters. The summed E-state index contributed by atoms with van der Waals surface area (Å²) >= 11 is 0. The molecule has 2 heterocycles. The lowest BCUT2D eigenvalue weighted by Gasteiger charge is -2.07. The second-order valence-electron chi connectivity index (χ2n) is 6.66. The molecular weight excluding hydrogens is 348 g/mol. The molecule has 0 saturated carbocycles. The normalized spacial score (nSPS) is 10.6. The monoisotopic (exact) mass is 368 g/mol. The average Bonchev–Trinajstić information content (AvgIpc) is 3.17. The minimum Gasteiger partial charge on any atom is -0.322 e. The molecule has 4 aromatic rings. The Kier molecular flexibility index (Phi) is 4.72. The van der Waals surface area contributed by atoms with Gasteiger partial charge in [0.25, 0.3) is 5.91 Å². The number of anilines is 1. The van der Waals surface area contributed by atoms with Gasteiger partial charge in [0, 0.05) is 29.8 Å². The lowest BCUT2D eigenvalue weighted by Crippen LogP contribution is -2.12. The molecule has 0 fully saturated rings. The van der Waals surface area contributed by atoms with Crippen LogP contribution in [0.25, 0.3) is 16.9 Å². The van der Waals surface area contributed by atoms with E-state index in [2.05, 4.69) is 36.3 Å². The first-order valence-electron chi connectivity index (χ1n) is 9.06. The molecule has 2 aromatic heterocycles. The molecule has 0 radical (unpaired) electrons. The Balaban J connectivity index is 1.79. The van der Waals surface area contributed by atoms with Crippen molar-refractivity contribution in [3.63, 3.8) is 0 Å². The van der Waals surface area contributed by atoms with E-state index in [1.54, 1.807) is 35.4 Å². The Hall–Kier alpha value is -3.73. The molecule has 0 aliphatic rings. The van der Waals surface area contributed by atoms with Crippen LogP contribution in [0.2, 0.25) is 0 Å². The number of pyridine rings is 1. The summed E-state index contributed by atoms with van der Waals surface area (Å²) in [7, 11) is 0. The van der Waals surface area contributed by atoms with Gasteiger partial charge in [-0.25, -0.2) is 4.68 Å². The van der Waals surface area contributed by atoms with Crippen LogP contribution in [0.3, 0.4) is 0 Å². The van der Waals surface area contributed by atoms with E-state index in [0.717, 1.165) is 16.8 Å². The predicted molar refractivity (Wildman–Crippen MR) is 111 cm³/mol. The standard InChI is InChI=1S/C23H20N4O/c1-16-8-9-18(14-17(16)2)22-21(23(28)25-19-10-12-24-13-11-19)15-27(26-22)20-6-4-3-5-7-20/h3-15H,1-2H3,(H,24,25,28). The summed E-state index contributed by atoms with van der Waals surface area (Å²) < 4.78 is 1.74. The fourth-order valence-electron chi connectivity index (χ4n) is 2.99. The first-order chi connectivity index (χ1) is 13.6. The van der Waals surface area contributed by atoms with Crippen molar-refractivity contribution in [3.05, 3.63) is 95.9 Å². The van der Waals surface area contributed by atoms with Crippen molar-refractivity contribution in [1.82, 2.24) is 14.8 Å². The quantitative estimate of drug-likeness (QED) is 0.563. The molecule has 5 heteroatoms. The second-order valence-corrected chi connectivity index (χ2v) is 6.66. The topological polar surface area (TPSA) is 59.8 Å². The third-order valence-electron chi connectivity index (χ3n) is 4.70. The molecule has 0 unspecified atom stereocenters. The van der Waals surface area contributed by atoms with Crippen molar-refractivity contribution in [2.45, 2.75) is 13.8 Å². The highest BCUT2D eigenvalue weighted by Gasteiger charge is 2.19. The number of carbonyl (C=O) groups is 1. The Morgan fingerprint density at radius 3 is 2.39 bits per heavy atom. The summed E-state index contributed by atoms with van der Waals surface area (Å²) in [6.45, 7) is 4.13. The van der Waals surface area contributed by atoms with Gasteiger partial charge in [0.2, 0.25) is 0 Å². The molecular formula is C23H20N4O. The number of nitrogens with one attached hydrogen (secondary N) is 1. The zero-order valence-electron chi connectivity index (χ0n) is 15.8. The molecule has 0 aliphatic carbocycles. The van der Waals surface area contributed by atoms with E-state index < -0.39 is 0 Å². The van der Waals surface area contributed by atoms with Gasteiger partial charge in [-0.2, -0.15) is 5.10 Å². The van der Waals surface area contributed by atoms with Crippen molar-refractivity contribution in [2.75, 3.05) is 5.32 Å². The van der Waals surface area contributed by atoms with Gasteiger partial charge in [-0.15, -0.1) is 0 Å². The first kappa shape index (κ1) is 17.7. The van der Waals surface area contributed by atoms with Gasteiger partial charge < -0.3 is 5.32 Å². The van der Waals surface area contributed by atoms with Gasteiger partial charge in [-0.1, -0.05) is 30.3 Å². The lowest BCUT2D eigenvalue weighted by atomic mass is 10.0. The molecule has 0 spiro atoms. The smallest absolute Gasteiger partial charge is 0.259 e. The summed E-state index contributed by atoms with van der Waals surface area (Å²) in [4.78, 5) is 17.0. The number of nitrogens with zero attached hydrogens (tertiary/aromatic N) is 3. The number of amides is 1. The van der Waals surface area contributed by atoms with Crippen molar-refractivity contribution < 1.29 is 4.79 Å². The van der Waals surface area contributed by atoms with Crippen LogP contribution in [0.5, 0.6) is 0 Å². The lowest BCUT2D eigenvalue weighted by molar-refractivity contribution is 0.102. The number of rotatable bonds is 4. The average molecular weight is 368 g/mol. The van der Waals surface area contributed by atoms with E-state index in [9.17, 15) is 4.79 Å². The molecule has 5 nitrogen and oxygen atoms in total. The molecule has 1 N–H and O–H groups in total. The third-order valence-corrected chi connectivity index (χ3v) is 4.70. The Labute approximate surface area is 163 Å². The molecule has 4 rings (SSSR count). The van der Waals surface area contributed by atoms with Gasteiger partial charge in [-0.3, -0.25) is 9.78 Å². The van der Waals surface area contributed by atoms with Crippen molar-refractivity contribution in [1.29, 1.82) is 0 Å². The fraction of sp³-hybridized carbons (Fsp3) is 0.0870. The zero-order valence-corrected chi connectivity index (χ0v) is 15.8. The van der Waals surface area contributed by atoms with Crippen LogP contribution in [-0.4, -0.2) is 20.7 Å². The Morgan fingerprint density at radius 2 is 1.68 bits per heavy atom. The summed E-state index contributed by atoms with van der Waals surface area (Å²) in [5, 5.41) is 7.65. The van der Waals surface area contributed by atoms with Crippen LogP contribution in [0.4, 0.5) is 5.69 Å². The maximum Gasteiger partial charge on any atom is 0.259 e. The first-order valence-corrected chi connectivity index (χ1v) is 9.06. The molecule has 0 bridgehead atoms. The summed E-state index contributed by atoms with van der Waals surface area (Å²) in [5.41, 5.74) is 6.04. The van der Waals surface area contributed by atoms with Gasteiger partial charge in [-0.05, 0) is 55.3 Å². The predicted octanol–water partition coefficient (Wildman–Crippen LogP) is 4.80. The van der Waals surface area contributed by atoms with E-state index >= 15 is 0 Å². The number of hydrogen-bond donors (Lipinski definition) is 1. The minimum absolute atomic E-state index is 0.207. The third kappa shape index (κ3) is 3.55. The Bertz CT molecular complexity index is 1120. The summed E-state index contributed by atoms with van der Waals surface area (Å²) in [6, 6.07) is 19.4. The van der Waals surface area contributed by atoms with Crippen LogP contribution >= 0.6 is 0 Å². The van der Waals surface area contributed by atoms with Crippen molar-refractivity contribution in [2.24, 2.45) is 0 Å². The van der Waals surface area contributed by atoms with Crippen LogP contribution in [0, 0.1) is 13.8 Å². The van der Waals surface area contributed by atoms with Gasteiger partial charge in [0.15, 0.2) is 0 Å². The maximum absolute atomic E-state index is 13.0. The highest BCUT2D eigenvalue weighted by molar-refractivity contribution is 6.08. The molecule has 138 valence electrons. The molecule has 0 saturated heterocycles. The summed E-state index contributed by atoms with van der Waals surface area (Å²) in [5.74, 6) is -0.207.